The number of rotatable bonds is 3. The first-order valence-electron chi connectivity index (χ1n) is 6.21. The summed E-state index contributed by atoms with van der Waals surface area (Å²) in [6.45, 7) is 5.76. The first kappa shape index (κ1) is 12.8. The standard InChI is InChI=1S/C13H20N4O/c1-8-5-11(12(13(14)15)9(2)16-8)17-4-3-10(6-17)7-18/h5,10,18H,3-4,6-7H2,1-2H3,(H3,14,15). The Bertz CT molecular complexity index is 472. The maximum absolute atomic E-state index is 9.21. The number of aromatic nitrogens is 1. The molecule has 1 atom stereocenters. The highest BCUT2D eigenvalue weighted by atomic mass is 16.3. The molecule has 0 aromatic carbocycles. The predicted octanol–water partition coefficient (Wildman–Crippen LogP) is 0.801. The molecule has 2 rings (SSSR count). The van der Waals surface area contributed by atoms with Gasteiger partial charge >= 0.3 is 0 Å². The SMILES string of the molecule is Cc1cc(N2CCC(CO)C2)c(C(=N)N)c(C)n1. The fourth-order valence-corrected chi connectivity index (χ4v) is 2.59. The van der Waals surface area contributed by atoms with Gasteiger partial charge in [-0.05, 0) is 26.3 Å². The molecule has 0 amide bonds. The minimum atomic E-state index is 0.0578. The molecule has 1 unspecified atom stereocenters. The zero-order valence-electron chi connectivity index (χ0n) is 10.9. The van der Waals surface area contributed by atoms with E-state index in [2.05, 4.69) is 9.88 Å². The maximum Gasteiger partial charge on any atom is 0.126 e. The Balaban J connectivity index is 2.40. The molecular weight excluding hydrogens is 228 g/mol. The molecular formula is C13H20N4O. The van der Waals surface area contributed by atoms with Crippen molar-refractivity contribution in [3.05, 3.63) is 23.0 Å². The molecule has 1 aliphatic rings. The number of nitrogens with two attached hydrogens (primary N) is 1. The van der Waals surface area contributed by atoms with Gasteiger partial charge in [0.05, 0.1) is 16.9 Å². The van der Waals surface area contributed by atoms with Crippen molar-refractivity contribution in [1.82, 2.24) is 4.98 Å². The molecule has 0 spiro atoms. The van der Waals surface area contributed by atoms with Crippen molar-refractivity contribution in [2.24, 2.45) is 11.7 Å². The highest BCUT2D eigenvalue weighted by molar-refractivity contribution is 6.01. The second-order valence-corrected chi connectivity index (χ2v) is 4.94. The summed E-state index contributed by atoms with van der Waals surface area (Å²) in [5.74, 6) is 0.376. The lowest BCUT2D eigenvalue weighted by atomic mass is 10.1. The Morgan fingerprint density at radius 1 is 1.61 bits per heavy atom. The van der Waals surface area contributed by atoms with E-state index >= 15 is 0 Å². The van der Waals surface area contributed by atoms with Crippen molar-refractivity contribution in [3.8, 4) is 0 Å². The molecule has 1 aromatic rings. The third-order valence-electron chi connectivity index (χ3n) is 3.46. The monoisotopic (exact) mass is 248 g/mol. The minimum Gasteiger partial charge on any atom is -0.396 e. The summed E-state index contributed by atoms with van der Waals surface area (Å²) >= 11 is 0. The summed E-state index contributed by atoms with van der Waals surface area (Å²) in [7, 11) is 0. The molecule has 4 N–H and O–H groups in total. The highest BCUT2D eigenvalue weighted by Gasteiger charge is 2.25. The molecule has 1 aliphatic heterocycles. The molecule has 5 heteroatoms. The smallest absolute Gasteiger partial charge is 0.126 e. The number of aliphatic hydroxyl groups excluding tert-OH is 1. The second-order valence-electron chi connectivity index (χ2n) is 4.94. The zero-order valence-corrected chi connectivity index (χ0v) is 10.9. The fourth-order valence-electron chi connectivity index (χ4n) is 2.59. The highest BCUT2D eigenvalue weighted by Crippen LogP contribution is 2.28. The van der Waals surface area contributed by atoms with Crippen molar-refractivity contribution >= 4 is 11.5 Å². The number of aryl methyl sites for hydroxylation is 2. The van der Waals surface area contributed by atoms with E-state index < -0.39 is 0 Å². The van der Waals surface area contributed by atoms with Crippen molar-refractivity contribution in [2.75, 3.05) is 24.6 Å². The molecule has 5 nitrogen and oxygen atoms in total. The Morgan fingerprint density at radius 2 is 2.33 bits per heavy atom. The topological polar surface area (TPSA) is 86.2 Å². The Morgan fingerprint density at radius 3 is 2.89 bits per heavy atom. The molecule has 0 bridgehead atoms. The van der Waals surface area contributed by atoms with Gasteiger partial charge in [0, 0.05) is 31.3 Å². The van der Waals surface area contributed by atoms with Crippen LogP contribution in [-0.4, -0.2) is 35.6 Å². The van der Waals surface area contributed by atoms with Gasteiger partial charge in [-0.25, -0.2) is 0 Å². The summed E-state index contributed by atoms with van der Waals surface area (Å²) in [4.78, 5) is 6.56. The number of pyridine rings is 1. The quantitative estimate of drug-likeness (QED) is 0.545. The number of hydrogen-bond acceptors (Lipinski definition) is 4. The van der Waals surface area contributed by atoms with Gasteiger partial charge in [0.25, 0.3) is 0 Å². The van der Waals surface area contributed by atoms with E-state index in [-0.39, 0.29) is 12.4 Å². The second kappa shape index (κ2) is 4.94. The van der Waals surface area contributed by atoms with E-state index in [1.54, 1.807) is 0 Å². The number of aliphatic hydroxyl groups is 1. The summed E-state index contributed by atoms with van der Waals surface area (Å²) in [5, 5.41) is 16.9. The summed E-state index contributed by atoms with van der Waals surface area (Å²) in [6.07, 6.45) is 0.980. The van der Waals surface area contributed by atoms with E-state index in [1.165, 1.54) is 0 Å². The van der Waals surface area contributed by atoms with Gasteiger partial charge in [-0.2, -0.15) is 0 Å². The average molecular weight is 248 g/mol. The predicted molar refractivity (Wildman–Crippen MR) is 72.1 cm³/mol. The first-order chi connectivity index (χ1) is 8.52. The van der Waals surface area contributed by atoms with Crippen molar-refractivity contribution in [3.63, 3.8) is 0 Å². The van der Waals surface area contributed by atoms with Crippen LogP contribution in [-0.2, 0) is 0 Å². The van der Waals surface area contributed by atoms with Gasteiger partial charge in [-0.1, -0.05) is 0 Å². The summed E-state index contributed by atoms with van der Waals surface area (Å²) in [6, 6.07) is 1.98. The van der Waals surface area contributed by atoms with Crippen LogP contribution in [0.25, 0.3) is 0 Å². The molecule has 0 aliphatic carbocycles. The van der Waals surface area contributed by atoms with Crippen LogP contribution in [0, 0.1) is 25.2 Å². The van der Waals surface area contributed by atoms with E-state index in [4.69, 9.17) is 11.1 Å². The van der Waals surface area contributed by atoms with Crippen LogP contribution < -0.4 is 10.6 Å². The van der Waals surface area contributed by atoms with Crippen LogP contribution in [0.5, 0.6) is 0 Å². The number of nitrogens with zero attached hydrogens (tertiary/aromatic N) is 2. The zero-order chi connectivity index (χ0) is 13.3. The lowest BCUT2D eigenvalue weighted by Crippen LogP contribution is -2.26. The van der Waals surface area contributed by atoms with E-state index in [0.29, 0.717) is 5.92 Å². The van der Waals surface area contributed by atoms with Gasteiger partial charge < -0.3 is 15.7 Å². The van der Waals surface area contributed by atoms with Gasteiger partial charge in [0.1, 0.15) is 5.84 Å². The van der Waals surface area contributed by atoms with Gasteiger partial charge in [-0.3, -0.25) is 10.4 Å². The molecule has 98 valence electrons. The number of nitrogens with one attached hydrogen (secondary N) is 1. The van der Waals surface area contributed by atoms with Gasteiger partial charge in [0.2, 0.25) is 0 Å². The van der Waals surface area contributed by atoms with Crippen LogP contribution >= 0.6 is 0 Å². The minimum absolute atomic E-state index is 0.0578. The molecule has 18 heavy (non-hydrogen) atoms. The molecule has 0 saturated carbocycles. The number of amidine groups is 1. The van der Waals surface area contributed by atoms with Gasteiger partial charge in [-0.15, -0.1) is 0 Å². The molecule has 1 aromatic heterocycles. The van der Waals surface area contributed by atoms with Crippen LogP contribution in [0.2, 0.25) is 0 Å². The lowest BCUT2D eigenvalue weighted by molar-refractivity contribution is 0.238. The van der Waals surface area contributed by atoms with E-state index in [9.17, 15) is 5.11 Å². The molecule has 1 fully saturated rings. The van der Waals surface area contributed by atoms with Crippen LogP contribution in [0.15, 0.2) is 6.07 Å². The average Bonchev–Trinajstić information content (AvgIpc) is 2.75. The first-order valence-corrected chi connectivity index (χ1v) is 6.21. The largest absolute Gasteiger partial charge is 0.396 e. The Kier molecular flexibility index (Phi) is 3.52. The van der Waals surface area contributed by atoms with Crippen LogP contribution in [0.3, 0.4) is 0 Å². The van der Waals surface area contributed by atoms with Crippen LogP contribution in [0.4, 0.5) is 5.69 Å². The molecule has 0 radical (unpaired) electrons. The van der Waals surface area contributed by atoms with Crippen LogP contribution in [0.1, 0.15) is 23.4 Å². The van der Waals surface area contributed by atoms with E-state index in [1.807, 2.05) is 19.9 Å². The van der Waals surface area contributed by atoms with Crippen molar-refractivity contribution in [2.45, 2.75) is 20.3 Å². The third-order valence-corrected chi connectivity index (χ3v) is 3.46. The molecule has 1 saturated heterocycles. The molecule has 2 heterocycles. The van der Waals surface area contributed by atoms with E-state index in [0.717, 1.165) is 42.1 Å². The van der Waals surface area contributed by atoms with Gasteiger partial charge in [0.15, 0.2) is 0 Å². The number of nitrogen functional groups attached to an aromatic ring is 1. The van der Waals surface area contributed by atoms with Crippen molar-refractivity contribution in [1.29, 1.82) is 5.41 Å². The number of anilines is 1. The fraction of sp³-hybridized carbons (Fsp3) is 0.538. The summed E-state index contributed by atoms with van der Waals surface area (Å²) in [5.41, 5.74) is 9.09. The normalized spacial score (nSPS) is 19.3. The third kappa shape index (κ3) is 2.31. The lowest BCUT2D eigenvalue weighted by Gasteiger charge is -2.23. The Labute approximate surface area is 107 Å². The van der Waals surface area contributed by atoms with Crippen molar-refractivity contribution < 1.29 is 5.11 Å². The Hall–Kier alpha value is -1.62. The summed E-state index contributed by atoms with van der Waals surface area (Å²) < 4.78 is 0. The maximum atomic E-state index is 9.21. The number of hydrogen-bond donors (Lipinski definition) is 3.